The van der Waals surface area contributed by atoms with Crippen LogP contribution in [0, 0.1) is 5.82 Å². The van der Waals surface area contributed by atoms with Crippen molar-refractivity contribution in [2.75, 3.05) is 25.7 Å². The molecule has 4 atom stereocenters. The Balaban J connectivity index is 1.25. The Morgan fingerprint density at radius 1 is 1.08 bits per heavy atom. The number of fused-ring (bicyclic) bond motifs is 2. The monoisotopic (exact) mass is 558 g/mol. The summed E-state index contributed by atoms with van der Waals surface area (Å²) in [5, 5.41) is 10.2. The fourth-order valence-electron chi connectivity index (χ4n) is 4.68. The Labute approximate surface area is 223 Å². The number of pyridine rings is 1. The van der Waals surface area contributed by atoms with E-state index >= 15 is 4.39 Å². The van der Waals surface area contributed by atoms with Crippen molar-refractivity contribution < 1.29 is 27.9 Å². The van der Waals surface area contributed by atoms with Gasteiger partial charge in [-0.2, -0.15) is 9.35 Å². The summed E-state index contributed by atoms with van der Waals surface area (Å²) in [6.45, 7) is 0.456. The molecule has 2 aliphatic rings. The lowest BCUT2D eigenvalue weighted by atomic mass is 10.0. The van der Waals surface area contributed by atoms with Gasteiger partial charge in [0.25, 0.3) is 6.01 Å². The standard InChI is InChI=1S/C26H24ClFN4O5S/c1-38(2,34)32-15-6-3-13(4-7-15)14-5-8-16(18(28)9-14)22-17(27)10-19-25(30-22)31-26(29-19)37-21-12-36-23-20(33)11-35-24(21)23/h3-10,20-21,23-24,33H,11-12H2,1-2H3,(H,29,30,31)/t20-,21-,23-,24-/m1/s1. The zero-order valence-electron chi connectivity index (χ0n) is 20.4. The molecule has 2 aromatic carbocycles. The summed E-state index contributed by atoms with van der Waals surface area (Å²) in [6.07, 6.45) is 1.21. The normalized spacial score (nSPS) is 23.1. The van der Waals surface area contributed by atoms with Crippen molar-refractivity contribution in [1.82, 2.24) is 15.0 Å². The first-order valence-corrected chi connectivity index (χ1v) is 14.6. The van der Waals surface area contributed by atoms with Gasteiger partial charge in [-0.3, -0.25) is 0 Å². The van der Waals surface area contributed by atoms with E-state index in [4.69, 9.17) is 25.8 Å². The van der Waals surface area contributed by atoms with Gasteiger partial charge in [-0.25, -0.2) is 13.6 Å². The maximum Gasteiger partial charge on any atom is 0.296 e. The zero-order chi connectivity index (χ0) is 26.6. The van der Waals surface area contributed by atoms with E-state index in [0.717, 1.165) is 5.56 Å². The number of nitrogens with zero attached hydrogens (tertiary/aromatic N) is 3. The van der Waals surface area contributed by atoms with Crippen LogP contribution in [0.2, 0.25) is 5.02 Å². The van der Waals surface area contributed by atoms with Gasteiger partial charge in [0, 0.05) is 27.8 Å². The van der Waals surface area contributed by atoms with Crippen molar-refractivity contribution in [3.8, 4) is 28.4 Å². The van der Waals surface area contributed by atoms with Crippen LogP contribution in [-0.2, 0) is 19.2 Å². The predicted octanol–water partition coefficient (Wildman–Crippen LogP) is 4.35. The van der Waals surface area contributed by atoms with Gasteiger partial charge in [0.05, 0.1) is 35.1 Å². The number of nitrogens with one attached hydrogen (secondary N) is 1. The van der Waals surface area contributed by atoms with E-state index in [-0.39, 0.29) is 41.6 Å². The SMILES string of the molecule is CS(C)(=O)=Nc1ccc(-c2ccc(-c3nc4nc(O[C@@H]5CO[C@H]6[C@@H]5OC[C@H]6O)[nH]c4cc3Cl)c(F)c2)cc1. The molecule has 0 bridgehead atoms. The van der Waals surface area contributed by atoms with Crippen molar-refractivity contribution in [2.24, 2.45) is 4.36 Å². The maximum absolute atomic E-state index is 15.3. The van der Waals surface area contributed by atoms with Gasteiger partial charge >= 0.3 is 0 Å². The third-order valence-corrected chi connectivity index (χ3v) is 7.34. The number of aliphatic hydroxyl groups is 1. The van der Waals surface area contributed by atoms with Crippen molar-refractivity contribution in [3.63, 3.8) is 0 Å². The van der Waals surface area contributed by atoms with Crippen molar-refractivity contribution in [1.29, 1.82) is 0 Å². The van der Waals surface area contributed by atoms with Gasteiger partial charge < -0.3 is 24.3 Å². The first-order chi connectivity index (χ1) is 18.1. The van der Waals surface area contributed by atoms with Crippen molar-refractivity contribution in [2.45, 2.75) is 24.4 Å². The molecule has 0 unspecified atom stereocenters. The number of benzene rings is 2. The molecule has 2 fully saturated rings. The minimum atomic E-state index is -2.27. The summed E-state index contributed by atoms with van der Waals surface area (Å²) in [7, 11) is -2.27. The second-order valence-corrected chi connectivity index (χ2v) is 12.5. The number of rotatable bonds is 5. The molecule has 198 valence electrons. The number of H-pyrrole nitrogens is 1. The lowest BCUT2D eigenvalue weighted by molar-refractivity contribution is 0.00706. The van der Waals surface area contributed by atoms with Crippen molar-refractivity contribution >= 4 is 38.2 Å². The summed E-state index contributed by atoms with van der Waals surface area (Å²) in [5.74, 6) is -0.492. The molecule has 12 heteroatoms. The first kappa shape index (κ1) is 25.2. The summed E-state index contributed by atoms with van der Waals surface area (Å²) in [5.41, 5.74) is 3.37. The molecule has 0 radical (unpaired) electrons. The van der Waals surface area contributed by atoms with Crippen LogP contribution in [0.15, 0.2) is 52.9 Å². The smallest absolute Gasteiger partial charge is 0.296 e. The van der Waals surface area contributed by atoms with E-state index in [1.54, 1.807) is 55.0 Å². The predicted molar refractivity (Wildman–Crippen MR) is 142 cm³/mol. The first-order valence-electron chi connectivity index (χ1n) is 11.9. The van der Waals surface area contributed by atoms with Crippen LogP contribution in [0.4, 0.5) is 10.1 Å². The highest BCUT2D eigenvalue weighted by molar-refractivity contribution is 7.92. The van der Waals surface area contributed by atoms with Crippen molar-refractivity contribution in [3.05, 3.63) is 59.4 Å². The van der Waals surface area contributed by atoms with Crippen LogP contribution in [0.5, 0.6) is 6.01 Å². The van der Waals surface area contributed by atoms with Gasteiger partial charge in [0.15, 0.2) is 11.8 Å². The Morgan fingerprint density at radius 3 is 2.55 bits per heavy atom. The lowest BCUT2D eigenvalue weighted by Gasteiger charge is -2.15. The van der Waals surface area contributed by atoms with Gasteiger partial charge in [-0.1, -0.05) is 29.8 Å². The molecule has 38 heavy (non-hydrogen) atoms. The number of hydrogen-bond donors (Lipinski definition) is 2. The lowest BCUT2D eigenvalue weighted by Crippen LogP contribution is -2.34. The summed E-state index contributed by atoms with van der Waals surface area (Å²) in [4.78, 5) is 11.9. The molecule has 4 heterocycles. The van der Waals surface area contributed by atoms with Crippen LogP contribution in [-0.4, -0.2) is 74.4 Å². The van der Waals surface area contributed by atoms with Crippen LogP contribution in [0.25, 0.3) is 33.5 Å². The van der Waals surface area contributed by atoms with Crippen LogP contribution < -0.4 is 4.74 Å². The quantitative estimate of drug-likeness (QED) is 0.374. The molecule has 2 aliphatic heterocycles. The van der Waals surface area contributed by atoms with E-state index in [1.807, 2.05) is 0 Å². The second-order valence-electron chi connectivity index (χ2n) is 9.57. The van der Waals surface area contributed by atoms with Crippen LogP contribution in [0.1, 0.15) is 0 Å². The zero-order valence-corrected chi connectivity index (χ0v) is 22.0. The third-order valence-electron chi connectivity index (χ3n) is 6.40. The number of aromatic amines is 1. The fourth-order valence-corrected chi connectivity index (χ4v) is 5.57. The number of hydrogen-bond acceptors (Lipinski definition) is 8. The minimum absolute atomic E-state index is 0.196. The Bertz CT molecular complexity index is 1650. The number of aromatic nitrogens is 3. The Morgan fingerprint density at radius 2 is 1.82 bits per heavy atom. The summed E-state index contributed by atoms with van der Waals surface area (Å²) in [6, 6.07) is 13.7. The molecule has 2 N–H and O–H groups in total. The number of aliphatic hydroxyl groups excluding tert-OH is 1. The molecule has 0 spiro atoms. The highest BCUT2D eigenvalue weighted by atomic mass is 35.5. The van der Waals surface area contributed by atoms with Crippen LogP contribution >= 0.6 is 11.6 Å². The molecule has 0 saturated carbocycles. The minimum Gasteiger partial charge on any atom is -0.456 e. The van der Waals surface area contributed by atoms with Gasteiger partial charge in [0.1, 0.15) is 24.1 Å². The van der Waals surface area contributed by atoms with Gasteiger partial charge in [0.2, 0.25) is 0 Å². The van der Waals surface area contributed by atoms with E-state index in [0.29, 0.717) is 22.4 Å². The number of imidazole rings is 1. The Kier molecular flexibility index (Phi) is 6.36. The summed E-state index contributed by atoms with van der Waals surface area (Å²) < 4.78 is 48.4. The molecular formula is C26H24ClFN4O5S. The topological polar surface area (TPSA) is 119 Å². The molecule has 0 amide bonds. The maximum atomic E-state index is 15.3. The number of ether oxygens (including phenoxy) is 3. The third kappa shape index (κ3) is 4.87. The van der Waals surface area contributed by atoms with E-state index in [9.17, 15) is 9.32 Å². The van der Waals surface area contributed by atoms with Gasteiger partial charge in [-0.15, -0.1) is 0 Å². The summed E-state index contributed by atoms with van der Waals surface area (Å²) >= 11 is 6.49. The molecular weight excluding hydrogens is 535 g/mol. The fraction of sp³-hybridized carbons (Fsp3) is 0.308. The Hall–Kier alpha value is -3.09. The molecule has 6 rings (SSSR count). The highest BCUT2D eigenvalue weighted by Gasteiger charge is 2.48. The van der Waals surface area contributed by atoms with E-state index in [2.05, 4.69) is 19.3 Å². The van der Waals surface area contributed by atoms with E-state index < -0.39 is 33.9 Å². The second kappa shape index (κ2) is 9.58. The average molecular weight is 559 g/mol. The largest absolute Gasteiger partial charge is 0.456 e. The number of halogens is 2. The molecule has 9 nitrogen and oxygen atoms in total. The van der Waals surface area contributed by atoms with Crippen LogP contribution in [0.3, 0.4) is 0 Å². The molecule has 2 saturated heterocycles. The molecule has 0 aliphatic carbocycles. The molecule has 2 aromatic heterocycles. The van der Waals surface area contributed by atoms with Gasteiger partial charge in [-0.05, 0) is 41.5 Å². The van der Waals surface area contributed by atoms with E-state index in [1.165, 1.54) is 6.07 Å². The highest BCUT2D eigenvalue weighted by Crippen LogP contribution is 2.34. The average Bonchev–Trinajstić information content (AvgIpc) is 3.55. The molecule has 4 aromatic rings.